The normalized spacial score (nSPS) is 16.2. The summed E-state index contributed by atoms with van der Waals surface area (Å²) < 4.78 is 11.6. The zero-order valence-corrected chi connectivity index (χ0v) is 81.4. The Morgan fingerprint density at radius 2 is 0.575 bits per heavy atom. The quantitative estimate of drug-likeness (QED) is 0.0373. The van der Waals surface area contributed by atoms with Crippen molar-refractivity contribution in [3.05, 3.63) is 313 Å². The molecule has 6 N–H and O–H groups in total. The third-order valence-electron chi connectivity index (χ3n) is 21.8. The minimum absolute atomic E-state index is 0.0783. The van der Waals surface area contributed by atoms with E-state index in [0.29, 0.717) is 67.4 Å². The zero-order chi connectivity index (χ0) is 94.3. The number of rotatable bonds is 24. The first-order valence-electron chi connectivity index (χ1n) is 41.4. The van der Waals surface area contributed by atoms with Gasteiger partial charge in [0.15, 0.2) is 23.3 Å². The van der Waals surface area contributed by atoms with Crippen molar-refractivity contribution in [3.63, 3.8) is 0 Å². The molecule has 5 aromatic carbocycles. The minimum Gasteiger partial charge on any atom is -0.397 e. The van der Waals surface area contributed by atoms with Gasteiger partial charge in [-0.3, -0.25) is 19.2 Å². The number of carbonyl (C=O) groups excluding carboxylic acids is 4. The Morgan fingerprint density at radius 1 is 0.328 bits per heavy atom. The fourth-order valence-electron chi connectivity index (χ4n) is 14.5. The van der Waals surface area contributed by atoms with E-state index in [0.717, 1.165) is 127 Å². The van der Waals surface area contributed by atoms with Crippen LogP contribution >= 0.6 is 152 Å². The van der Waals surface area contributed by atoms with E-state index in [2.05, 4.69) is 113 Å². The summed E-state index contributed by atoms with van der Waals surface area (Å²) in [7, 11) is 0. The van der Waals surface area contributed by atoms with E-state index >= 15 is 0 Å². The molecular formula is C92H81Cl8N23O6S5. The van der Waals surface area contributed by atoms with Gasteiger partial charge in [0.25, 0.3) is 0 Å². The highest BCUT2D eigenvalue weighted by molar-refractivity contribution is 8.00. The smallest absolute Gasteiger partial charge is 0.204 e. The molecule has 18 rings (SSSR count). The van der Waals surface area contributed by atoms with E-state index < -0.39 is 0 Å². The maximum Gasteiger partial charge on any atom is 0.204 e. The second-order valence-corrected chi connectivity index (χ2v) is 38.9. The molecule has 0 amide bonds. The maximum atomic E-state index is 12.5. The number of anilines is 3. The van der Waals surface area contributed by atoms with Gasteiger partial charge in [0, 0.05) is 149 Å². The van der Waals surface area contributed by atoms with Crippen molar-refractivity contribution >= 4 is 192 Å². The number of hydrogen-bond acceptors (Lipinski definition) is 34. The SMILES string of the molecule is C[C@@H]1OCC2(CCN(c3cnc(Sc4cccc(CC(=O)c5ncccn5)c4Cl)cn3)CC2)[C@@H]1N.C[C@@H]1OCC2(CCN(c3cnc(Sc4cccc(CC(=O)c5ncccn5)c4Cl)cn3)CC2)[C@@H]1N.Nc1cccc(Sc2cnc(Cl)cn2)c1Cl.O=C(Cc1cccc(Sc2cnc(Cl)cn2)c1Cl)c1ncccn1.O=C(Cc1cccc(Sc2cnc(Cl)cn2)c1Cl)c1ncccn1. The Balaban J connectivity index is 0.000000138. The van der Waals surface area contributed by atoms with Gasteiger partial charge in [-0.2, -0.15) is 0 Å². The van der Waals surface area contributed by atoms with Gasteiger partial charge in [0.2, 0.25) is 23.1 Å². The van der Waals surface area contributed by atoms with Gasteiger partial charge in [0.05, 0.1) is 118 Å². The fraction of sp³-hybridized carbons (Fsp3) is 0.239. The van der Waals surface area contributed by atoms with Gasteiger partial charge in [-0.25, -0.2) is 89.7 Å². The number of benzene rings is 5. The number of hydrogen-bond donors (Lipinski definition) is 3. The molecule has 42 heteroatoms. The summed E-state index contributed by atoms with van der Waals surface area (Å²) in [5.74, 6) is 1.70. The first kappa shape index (κ1) is 99.8. The zero-order valence-electron chi connectivity index (χ0n) is 71.3. The maximum absolute atomic E-state index is 12.5. The third kappa shape index (κ3) is 26.7. The topological polar surface area (TPSA) is 403 Å². The van der Waals surface area contributed by atoms with Gasteiger partial charge in [-0.1, -0.05) is 206 Å². The van der Waals surface area contributed by atoms with Gasteiger partial charge in [0.1, 0.15) is 52.2 Å². The summed E-state index contributed by atoms with van der Waals surface area (Å²) in [5.41, 5.74) is 22.1. The van der Waals surface area contributed by atoms with Crippen LogP contribution in [0.15, 0.2) is 276 Å². The highest BCUT2D eigenvalue weighted by Crippen LogP contribution is 2.46. The summed E-state index contributed by atoms with van der Waals surface area (Å²) in [6, 6.07) is 34.6. The number of piperidine rings is 2. The number of ether oxygens (including phenoxy) is 2. The lowest BCUT2D eigenvalue weighted by Crippen LogP contribution is -2.50. The highest BCUT2D eigenvalue weighted by atomic mass is 35.5. The monoisotopic (exact) mass is 2040 g/mol. The minimum atomic E-state index is -0.189. The molecule has 4 aliphatic rings. The summed E-state index contributed by atoms with van der Waals surface area (Å²) in [6.07, 6.45) is 33.4. The lowest BCUT2D eigenvalue weighted by Gasteiger charge is -2.41. The number of halogens is 8. The first-order valence-corrected chi connectivity index (χ1v) is 48.5. The molecule has 0 bridgehead atoms. The molecule has 4 atom stereocenters. The molecule has 0 radical (unpaired) electrons. The summed E-state index contributed by atoms with van der Waals surface area (Å²) in [6.45, 7) is 9.16. The Hall–Kier alpha value is -10.2. The van der Waals surface area contributed by atoms with Crippen molar-refractivity contribution in [1.82, 2.24) is 89.7 Å². The van der Waals surface area contributed by atoms with Crippen molar-refractivity contribution in [3.8, 4) is 0 Å². The molecule has 0 unspecified atom stereocenters. The van der Waals surface area contributed by atoms with Crippen LogP contribution in [0.5, 0.6) is 0 Å². The molecule has 2 spiro atoms. The molecule has 0 aliphatic carbocycles. The van der Waals surface area contributed by atoms with Crippen molar-refractivity contribution in [1.29, 1.82) is 0 Å². The lowest BCUT2D eigenvalue weighted by atomic mass is 9.73. The van der Waals surface area contributed by atoms with E-state index in [4.69, 9.17) is 119 Å². The number of aromatic nitrogens is 18. The number of ketones is 4. The predicted octanol–water partition coefficient (Wildman–Crippen LogP) is 19.5. The van der Waals surface area contributed by atoms with E-state index in [-0.39, 0.29) is 107 Å². The van der Waals surface area contributed by atoms with E-state index in [1.807, 2.05) is 85.2 Å². The van der Waals surface area contributed by atoms with Crippen LogP contribution in [0.3, 0.4) is 0 Å². The van der Waals surface area contributed by atoms with E-state index in [9.17, 15) is 19.2 Å². The Morgan fingerprint density at radius 3 is 0.806 bits per heavy atom. The molecule has 686 valence electrons. The van der Waals surface area contributed by atoms with E-state index in [1.165, 1.54) is 102 Å². The number of nitrogens with zero attached hydrogens (tertiary/aromatic N) is 20. The molecule has 134 heavy (non-hydrogen) atoms. The fourth-order valence-corrected chi connectivity index (χ4v) is 20.2. The van der Waals surface area contributed by atoms with Crippen LogP contribution < -0.4 is 27.0 Å². The largest absolute Gasteiger partial charge is 0.397 e. The van der Waals surface area contributed by atoms with Crippen molar-refractivity contribution in [2.75, 3.05) is 54.9 Å². The summed E-state index contributed by atoms with van der Waals surface area (Å²) in [4.78, 5) is 133. The van der Waals surface area contributed by atoms with Crippen LogP contribution in [0.2, 0.25) is 40.6 Å². The van der Waals surface area contributed by atoms with Crippen LogP contribution in [0.4, 0.5) is 17.3 Å². The first-order chi connectivity index (χ1) is 64.8. The molecule has 14 aromatic rings. The molecule has 13 heterocycles. The van der Waals surface area contributed by atoms with Crippen LogP contribution in [-0.4, -0.2) is 177 Å². The Labute approximate surface area is 832 Å². The van der Waals surface area contributed by atoms with Gasteiger partial charge >= 0.3 is 0 Å². The number of Topliss-reactive ketones (excluding diaryl/α,β-unsaturated/α-hetero) is 4. The van der Waals surface area contributed by atoms with Crippen LogP contribution in [-0.2, 0) is 35.2 Å². The van der Waals surface area contributed by atoms with Crippen LogP contribution in [0.25, 0.3) is 0 Å². The second-order valence-electron chi connectivity index (χ2n) is 30.5. The molecular weight excluding hydrogens is 1970 g/mol. The third-order valence-corrected chi connectivity index (χ3v) is 30.0. The van der Waals surface area contributed by atoms with Crippen LogP contribution in [0.1, 0.15) is 104 Å². The second kappa shape index (κ2) is 48.0. The van der Waals surface area contributed by atoms with Crippen molar-refractivity contribution < 1.29 is 28.7 Å². The number of nitrogen functional groups attached to an aromatic ring is 1. The summed E-state index contributed by atoms with van der Waals surface area (Å²) >= 11 is 56.2. The van der Waals surface area contributed by atoms with E-state index in [1.54, 1.807) is 98.2 Å². The molecule has 4 aliphatic heterocycles. The molecule has 4 saturated heterocycles. The van der Waals surface area contributed by atoms with Gasteiger partial charge < -0.3 is 36.5 Å². The number of carbonyl (C=O) groups is 4. The molecule has 4 fully saturated rings. The van der Waals surface area contributed by atoms with Gasteiger partial charge in [-0.05, 0) is 122 Å². The molecule has 9 aromatic heterocycles. The average Bonchev–Trinajstić information content (AvgIpc) is 1.63. The van der Waals surface area contributed by atoms with Crippen LogP contribution in [0, 0.1) is 10.8 Å². The Bertz CT molecular complexity index is 6010. The molecule has 29 nitrogen and oxygen atoms in total. The highest BCUT2D eigenvalue weighted by Gasteiger charge is 2.49. The van der Waals surface area contributed by atoms with Crippen molar-refractivity contribution in [2.45, 2.75) is 139 Å². The molecule has 0 saturated carbocycles. The number of nitrogens with two attached hydrogens (primary N) is 3. The van der Waals surface area contributed by atoms with Gasteiger partial charge in [-0.15, -0.1) is 0 Å². The summed E-state index contributed by atoms with van der Waals surface area (Å²) in [5, 5.41) is 7.12. The Kier molecular flexibility index (Phi) is 35.7. The average molecular weight is 2050 g/mol. The lowest BCUT2D eigenvalue weighted by molar-refractivity contribution is 0.0973. The standard InChI is InChI=1S/2C25H27ClN6O2S.2C16H10Cl2N4OS.C10H7Cl2N3S/c2*1-16-23(27)25(15-34-16)6-10-32(11-7-25)20-13-31-21(14-30-20)35-19-5-2-4-17(22(19)26)12-18(33)24-28-8-3-9-29-24;2*17-13-8-22-14(9-21-13)24-12-4-1-3-10(15(12)18)7-11(23)16-19-5-2-6-20-16;11-8-4-15-9(5-14-8)16-7-3-1-2-6(13)10(7)12/h2*2-5,8-9,13-14,16,23H,6-7,10-12,15,27H2,1H3;2*1-6,8-9H,7H2;1-5H,13H2/t2*16-,23+;;;/m00.../s1. The van der Waals surface area contributed by atoms with Crippen molar-refractivity contribution in [2.24, 2.45) is 22.3 Å². The predicted molar refractivity (Wildman–Crippen MR) is 522 cm³/mol.